The maximum Gasteiger partial charge on any atom is 0.264 e. The molecule has 4 rings (SSSR count). The van der Waals surface area contributed by atoms with Crippen LogP contribution in [-0.4, -0.2) is 32.6 Å². The summed E-state index contributed by atoms with van der Waals surface area (Å²) in [6, 6.07) is 16.4. The van der Waals surface area contributed by atoms with E-state index in [1.54, 1.807) is 31.2 Å². The SMILES string of the molecule is CC1Oc2ccc(S(=O)(=O)N(CC(=O)C(C)(C)N)c3ccc(Cl)cc3Cc3ccccc3Cl)cc2O1. The third-order valence-corrected chi connectivity index (χ3v) is 8.10. The number of sulfonamides is 1. The van der Waals surface area contributed by atoms with Gasteiger partial charge in [0.05, 0.1) is 22.7 Å². The Hall–Kier alpha value is -2.78. The van der Waals surface area contributed by atoms with Crippen molar-refractivity contribution in [3.8, 4) is 11.5 Å². The van der Waals surface area contributed by atoms with E-state index in [4.69, 9.17) is 38.4 Å². The van der Waals surface area contributed by atoms with E-state index in [1.165, 1.54) is 32.0 Å². The molecule has 1 aliphatic rings. The Bertz CT molecular complexity index is 1420. The number of halogens is 2. The van der Waals surface area contributed by atoms with Gasteiger partial charge in [-0.3, -0.25) is 9.10 Å². The van der Waals surface area contributed by atoms with Gasteiger partial charge in [0.25, 0.3) is 10.0 Å². The zero-order valence-corrected chi connectivity index (χ0v) is 22.3. The van der Waals surface area contributed by atoms with Crippen LogP contribution < -0.4 is 19.5 Å². The van der Waals surface area contributed by atoms with Crippen molar-refractivity contribution >= 4 is 44.7 Å². The van der Waals surface area contributed by atoms with Crippen molar-refractivity contribution < 1.29 is 22.7 Å². The zero-order valence-electron chi connectivity index (χ0n) is 20.0. The van der Waals surface area contributed by atoms with E-state index in [1.807, 2.05) is 18.2 Å². The molecule has 3 aromatic carbocycles. The molecule has 190 valence electrons. The van der Waals surface area contributed by atoms with Gasteiger partial charge in [-0.05, 0) is 61.4 Å². The summed E-state index contributed by atoms with van der Waals surface area (Å²) in [5.74, 6) is 0.290. The Kier molecular flexibility index (Phi) is 7.26. The molecule has 1 aliphatic heterocycles. The highest BCUT2D eigenvalue weighted by Crippen LogP contribution is 2.38. The van der Waals surface area contributed by atoms with Crippen LogP contribution in [0.2, 0.25) is 10.0 Å². The molecule has 0 aromatic heterocycles. The normalized spacial score (nSPS) is 15.1. The second-order valence-corrected chi connectivity index (χ2v) is 11.8. The first-order valence-corrected chi connectivity index (χ1v) is 13.4. The number of carbonyl (C=O) groups is 1. The van der Waals surface area contributed by atoms with Gasteiger partial charge < -0.3 is 15.2 Å². The Morgan fingerprint density at radius 3 is 2.39 bits per heavy atom. The number of anilines is 1. The summed E-state index contributed by atoms with van der Waals surface area (Å²) in [6.07, 6.45) is -0.243. The molecule has 3 aromatic rings. The van der Waals surface area contributed by atoms with Gasteiger partial charge in [0, 0.05) is 29.5 Å². The van der Waals surface area contributed by atoms with E-state index >= 15 is 0 Å². The molecule has 1 unspecified atom stereocenters. The summed E-state index contributed by atoms with van der Waals surface area (Å²) >= 11 is 12.7. The van der Waals surface area contributed by atoms with Crippen molar-refractivity contribution in [2.75, 3.05) is 10.8 Å². The van der Waals surface area contributed by atoms with Crippen molar-refractivity contribution in [3.63, 3.8) is 0 Å². The summed E-state index contributed by atoms with van der Waals surface area (Å²) in [7, 11) is -4.24. The van der Waals surface area contributed by atoms with Crippen molar-refractivity contribution in [1.82, 2.24) is 0 Å². The Balaban J connectivity index is 1.84. The molecule has 2 N–H and O–H groups in total. The maximum absolute atomic E-state index is 14.0. The number of ketones is 1. The summed E-state index contributed by atoms with van der Waals surface area (Å²) in [5.41, 5.74) is 6.43. The minimum atomic E-state index is -4.24. The number of rotatable bonds is 8. The average molecular weight is 549 g/mol. The molecule has 0 fully saturated rings. The monoisotopic (exact) mass is 548 g/mol. The van der Waals surface area contributed by atoms with E-state index in [2.05, 4.69) is 0 Å². The summed E-state index contributed by atoms with van der Waals surface area (Å²) in [4.78, 5) is 13.0. The number of carbonyl (C=O) groups excluding carboxylic acids is 1. The topological polar surface area (TPSA) is 98.9 Å². The van der Waals surface area contributed by atoms with Crippen LogP contribution in [-0.2, 0) is 21.2 Å². The first-order chi connectivity index (χ1) is 16.9. The van der Waals surface area contributed by atoms with Gasteiger partial charge in [-0.2, -0.15) is 0 Å². The molecule has 0 bridgehead atoms. The lowest BCUT2D eigenvalue weighted by Gasteiger charge is -2.29. The smallest absolute Gasteiger partial charge is 0.264 e. The number of ether oxygens (including phenoxy) is 2. The lowest BCUT2D eigenvalue weighted by Crippen LogP contribution is -2.49. The first kappa shape index (κ1) is 26.3. The number of Topliss-reactive ketones (excluding diaryl/α,β-unsaturated/α-hetero) is 1. The molecule has 1 atom stereocenters. The molecular formula is C26H26Cl2N2O5S. The van der Waals surface area contributed by atoms with Crippen LogP contribution in [0.25, 0.3) is 0 Å². The van der Waals surface area contributed by atoms with Gasteiger partial charge >= 0.3 is 0 Å². The fourth-order valence-electron chi connectivity index (χ4n) is 3.77. The quantitative estimate of drug-likeness (QED) is 0.415. The molecule has 0 aliphatic carbocycles. The molecule has 36 heavy (non-hydrogen) atoms. The van der Waals surface area contributed by atoms with Gasteiger partial charge in [-0.15, -0.1) is 0 Å². The Morgan fingerprint density at radius 1 is 1.00 bits per heavy atom. The summed E-state index contributed by atoms with van der Waals surface area (Å²) < 4.78 is 40.2. The Labute approximate surface area is 220 Å². The first-order valence-electron chi connectivity index (χ1n) is 11.2. The van der Waals surface area contributed by atoms with Crippen LogP contribution in [0.3, 0.4) is 0 Å². The fourth-order valence-corrected chi connectivity index (χ4v) is 5.64. The highest BCUT2D eigenvalue weighted by atomic mass is 35.5. The highest BCUT2D eigenvalue weighted by molar-refractivity contribution is 7.92. The van der Waals surface area contributed by atoms with Crippen LogP contribution in [0.4, 0.5) is 5.69 Å². The fraction of sp³-hybridized carbons (Fsp3) is 0.269. The van der Waals surface area contributed by atoms with Crippen molar-refractivity contribution in [1.29, 1.82) is 0 Å². The van der Waals surface area contributed by atoms with E-state index in [0.29, 0.717) is 39.2 Å². The second kappa shape index (κ2) is 9.94. The number of fused-ring (bicyclic) bond motifs is 1. The van der Waals surface area contributed by atoms with E-state index in [0.717, 1.165) is 9.87 Å². The number of nitrogens with zero attached hydrogens (tertiary/aromatic N) is 1. The minimum Gasteiger partial charge on any atom is -0.451 e. The predicted octanol–water partition coefficient (Wildman–Crippen LogP) is 5.20. The summed E-state index contributed by atoms with van der Waals surface area (Å²) in [6.45, 7) is 4.30. The molecule has 0 amide bonds. The van der Waals surface area contributed by atoms with Gasteiger partial charge in [0.15, 0.2) is 17.3 Å². The third-order valence-electron chi connectivity index (χ3n) is 5.74. The highest BCUT2D eigenvalue weighted by Gasteiger charge is 2.34. The molecule has 0 radical (unpaired) electrons. The lowest BCUT2D eigenvalue weighted by molar-refractivity contribution is -0.121. The van der Waals surface area contributed by atoms with Crippen LogP contribution in [0.5, 0.6) is 11.5 Å². The third kappa shape index (κ3) is 5.47. The molecule has 0 saturated carbocycles. The molecule has 0 spiro atoms. The van der Waals surface area contributed by atoms with Gasteiger partial charge in [-0.1, -0.05) is 41.4 Å². The molecule has 0 saturated heterocycles. The maximum atomic E-state index is 14.0. The molecule has 10 heteroatoms. The number of hydrogen-bond donors (Lipinski definition) is 1. The largest absolute Gasteiger partial charge is 0.451 e. The van der Waals surface area contributed by atoms with Crippen molar-refractivity contribution in [2.45, 2.75) is 43.9 Å². The van der Waals surface area contributed by atoms with E-state index in [-0.39, 0.29) is 4.90 Å². The van der Waals surface area contributed by atoms with Gasteiger partial charge in [-0.25, -0.2) is 8.42 Å². The molecular weight excluding hydrogens is 523 g/mol. The standard InChI is InChI=1S/C26H26Cl2N2O5S/c1-16-34-23-11-9-20(14-24(23)35-16)36(32,33)30(15-25(31)26(2,3)29)22-10-8-19(27)13-18(22)12-17-6-4-5-7-21(17)28/h4-11,13-14,16H,12,15,29H2,1-3H3. The van der Waals surface area contributed by atoms with Crippen LogP contribution in [0.1, 0.15) is 31.9 Å². The van der Waals surface area contributed by atoms with Crippen LogP contribution in [0.15, 0.2) is 65.6 Å². The lowest BCUT2D eigenvalue weighted by atomic mass is 10.00. The molecule has 1 heterocycles. The zero-order chi connectivity index (χ0) is 26.3. The van der Waals surface area contributed by atoms with Crippen molar-refractivity contribution in [2.24, 2.45) is 5.73 Å². The predicted molar refractivity (Wildman–Crippen MR) is 141 cm³/mol. The van der Waals surface area contributed by atoms with E-state index in [9.17, 15) is 13.2 Å². The second-order valence-electron chi connectivity index (χ2n) is 9.11. The number of hydrogen-bond acceptors (Lipinski definition) is 6. The minimum absolute atomic E-state index is 0.0554. The van der Waals surface area contributed by atoms with Gasteiger partial charge in [0.1, 0.15) is 0 Å². The summed E-state index contributed by atoms with van der Waals surface area (Å²) in [5, 5.41) is 0.947. The number of benzene rings is 3. The number of nitrogens with two attached hydrogens (primary N) is 1. The van der Waals surface area contributed by atoms with Crippen LogP contribution in [0, 0.1) is 0 Å². The average Bonchev–Trinajstić information content (AvgIpc) is 3.18. The van der Waals surface area contributed by atoms with E-state index < -0.39 is 34.2 Å². The molecule has 7 nitrogen and oxygen atoms in total. The van der Waals surface area contributed by atoms with Gasteiger partial charge in [0.2, 0.25) is 6.29 Å². The van der Waals surface area contributed by atoms with Crippen molar-refractivity contribution in [3.05, 3.63) is 81.8 Å². The Morgan fingerprint density at radius 2 is 1.69 bits per heavy atom. The van der Waals surface area contributed by atoms with Crippen LogP contribution >= 0.6 is 23.2 Å².